The molecular weight excluding hydrogens is 390 g/mol. The number of para-hydroxylation sites is 1. The number of carbonyl (C=O) groups excluding carboxylic acids is 1. The molecule has 7 heteroatoms. The van der Waals surface area contributed by atoms with Crippen LogP contribution in [0.4, 0.5) is 10.5 Å². The van der Waals surface area contributed by atoms with Gasteiger partial charge in [0.05, 0.1) is 19.7 Å². The minimum atomic E-state index is -0.0869. The highest BCUT2D eigenvalue weighted by Crippen LogP contribution is 2.32. The van der Waals surface area contributed by atoms with Crippen molar-refractivity contribution in [3.05, 3.63) is 78.2 Å². The molecule has 0 spiro atoms. The van der Waals surface area contributed by atoms with Gasteiger partial charge in [0.1, 0.15) is 5.75 Å². The summed E-state index contributed by atoms with van der Waals surface area (Å²) in [5.74, 6) is 0.840. The number of ether oxygens (including phenoxy) is 1. The number of aromatic nitrogens is 3. The second kappa shape index (κ2) is 8.18. The van der Waals surface area contributed by atoms with Crippen molar-refractivity contribution >= 4 is 22.6 Å². The molecule has 0 saturated heterocycles. The standard InChI is InChI=1S/C24H25N5O2/c1-31-22-9-4-7-20-23(22)18(15-26-20)10-12-25-24(30)28-16-19(29-13-5-11-27-29)14-17-6-2-3-8-21(17)28/h2-9,11,13,15,19,26H,10,12,14,16H2,1H3,(H,25,30). The number of rotatable bonds is 5. The van der Waals surface area contributed by atoms with E-state index in [0.717, 1.165) is 39.9 Å². The van der Waals surface area contributed by atoms with Crippen LogP contribution in [0.3, 0.4) is 0 Å². The lowest BCUT2D eigenvalue weighted by molar-refractivity contribution is 0.244. The zero-order valence-electron chi connectivity index (χ0n) is 17.4. The van der Waals surface area contributed by atoms with Gasteiger partial charge in [-0.15, -0.1) is 0 Å². The second-order valence-electron chi connectivity index (χ2n) is 7.76. The summed E-state index contributed by atoms with van der Waals surface area (Å²) in [4.78, 5) is 18.3. The van der Waals surface area contributed by atoms with Crippen LogP contribution in [0.1, 0.15) is 17.2 Å². The van der Waals surface area contributed by atoms with Gasteiger partial charge in [0.25, 0.3) is 0 Å². The zero-order valence-corrected chi connectivity index (χ0v) is 17.4. The van der Waals surface area contributed by atoms with E-state index in [2.05, 4.69) is 21.5 Å². The second-order valence-corrected chi connectivity index (χ2v) is 7.76. The van der Waals surface area contributed by atoms with Crippen molar-refractivity contribution in [2.45, 2.75) is 18.9 Å². The number of urea groups is 1. The summed E-state index contributed by atoms with van der Waals surface area (Å²) >= 11 is 0. The number of anilines is 1. The van der Waals surface area contributed by atoms with Crippen LogP contribution >= 0.6 is 0 Å². The summed E-state index contributed by atoms with van der Waals surface area (Å²) in [5, 5.41) is 8.56. The largest absolute Gasteiger partial charge is 0.496 e. The van der Waals surface area contributed by atoms with Gasteiger partial charge in [-0.3, -0.25) is 9.58 Å². The Kier molecular flexibility index (Phi) is 5.08. The fourth-order valence-corrected chi connectivity index (χ4v) is 4.43. The van der Waals surface area contributed by atoms with Crippen molar-refractivity contribution in [1.82, 2.24) is 20.1 Å². The number of aromatic amines is 1. The maximum atomic E-state index is 13.1. The van der Waals surface area contributed by atoms with Gasteiger partial charge in [0.2, 0.25) is 0 Å². The summed E-state index contributed by atoms with van der Waals surface area (Å²) in [6, 6.07) is 16.0. The fraction of sp³-hybridized carbons (Fsp3) is 0.250. The monoisotopic (exact) mass is 415 g/mol. The van der Waals surface area contributed by atoms with Crippen molar-refractivity contribution < 1.29 is 9.53 Å². The van der Waals surface area contributed by atoms with E-state index in [0.29, 0.717) is 19.5 Å². The van der Waals surface area contributed by atoms with Crippen LogP contribution in [0, 0.1) is 0 Å². The third kappa shape index (κ3) is 3.63. The maximum absolute atomic E-state index is 13.1. The van der Waals surface area contributed by atoms with Crippen LogP contribution < -0.4 is 15.0 Å². The van der Waals surface area contributed by atoms with E-state index in [1.165, 1.54) is 0 Å². The van der Waals surface area contributed by atoms with E-state index >= 15 is 0 Å². The normalized spacial score (nSPS) is 15.6. The summed E-state index contributed by atoms with van der Waals surface area (Å²) in [5.41, 5.74) is 4.29. The van der Waals surface area contributed by atoms with Gasteiger partial charge in [-0.25, -0.2) is 4.79 Å². The molecule has 158 valence electrons. The third-order valence-electron chi connectivity index (χ3n) is 5.92. The predicted molar refractivity (Wildman–Crippen MR) is 121 cm³/mol. The number of carbonyl (C=O) groups is 1. The number of benzene rings is 2. The first-order valence-electron chi connectivity index (χ1n) is 10.5. The lowest BCUT2D eigenvalue weighted by Crippen LogP contribution is -2.46. The molecule has 31 heavy (non-hydrogen) atoms. The number of nitrogens with one attached hydrogen (secondary N) is 2. The van der Waals surface area contributed by atoms with Crippen molar-refractivity contribution in [3.63, 3.8) is 0 Å². The molecule has 1 atom stereocenters. The number of hydrogen-bond acceptors (Lipinski definition) is 3. The van der Waals surface area contributed by atoms with Crippen LogP contribution in [0.5, 0.6) is 5.75 Å². The van der Waals surface area contributed by atoms with Crippen molar-refractivity contribution in [1.29, 1.82) is 0 Å². The highest BCUT2D eigenvalue weighted by Gasteiger charge is 2.29. The summed E-state index contributed by atoms with van der Waals surface area (Å²) in [6.07, 6.45) is 7.30. The molecular formula is C24H25N5O2. The topological polar surface area (TPSA) is 75.2 Å². The van der Waals surface area contributed by atoms with Gasteiger partial charge >= 0.3 is 6.03 Å². The summed E-state index contributed by atoms with van der Waals surface area (Å²) in [6.45, 7) is 1.13. The van der Waals surface area contributed by atoms with Gasteiger partial charge < -0.3 is 15.0 Å². The molecule has 1 aliphatic rings. The lowest BCUT2D eigenvalue weighted by Gasteiger charge is -2.34. The number of nitrogens with zero attached hydrogens (tertiary/aromatic N) is 3. The van der Waals surface area contributed by atoms with Gasteiger partial charge in [-0.05, 0) is 48.2 Å². The lowest BCUT2D eigenvalue weighted by atomic mass is 9.98. The maximum Gasteiger partial charge on any atom is 0.321 e. The Morgan fingerprint density at radius 3 is 2.97 bits per heavy atom. The quantitative estimate of drug-likeness (QED) is 0.519. The molecule has 0 fully saturated rings. The molecule has 2 N–H and O–H groups in total. The zero-order chi connectivity index (χ0) is 21.2. The predicted octanol–water partition coefficient (Wildman–Crippen LogP) is 3.93. The molecule has 0 saturated carbocycles. The minimum absolute atomic E-state index is 0.0869. The summed E-state index contributed by atoms with van der Waals surface area (Å²) < 4.78 is 7.45. The average Bonchev–Trinajstić information content (AvgIpc) is 3.49. The Hall–Kier alpha value is -3.74. The number of methoxy groups -OCH3 is 1. The molecule has 7 nitrogen and oxygen atoms in total. The van der Waals surface area contributed by atoms with E-state index in [-0.39, 0.29) is 12.1 Å². The van der Waals surface area contributed by atoms with Crippen LogP contribution in [0.25, 0.3) is 10.9 Å². The van der Waals surface area contributed by atoms with Crippen LogP contribution in [0.15, 0.2) is 67.1 Å². The van der Waals surface area contributed by atoms with E-state index < -0.39 is 0 Å². The first-order chi connectivity index (χ1) is 15.2. The Labute approximate surface area is 180 Å². The molecule has 0 bridgehead atoms. The smallest absolute Gasteiger partial charge is 0.321 e. The molecule has 2 amide bonds. The van der Waals surface area contributed by atoms with E-state index in [9.17, 15) is 4.79 Å². The fourth-order valence-electron chi connectivity index (χ4n) is 4.43. The number of amides is 2. The Bertz CT molecular complexity index is 1200. The first kappa shape index (κ1) is 19.2. The van der Waals surface area contributed by atoms with Gasteiger partial charge in [-0.2, -0.15) is 5.10 Å². The Morgan fingerprint density at radius 2 is 2.13 bits per heavy atom. The third-order valence-corrected chi connectivity index (χ3v) is 5.92. The highest BCUT2D eigenvalue weighted by molar-refractivity contribution is 5.93. The molecule has 1 unspecified atom stereocenters. The first-order valence-corrected chi connectivity index (χ1v) is 10.5. The van der Waals surface area contributed by atoms with Gasteiger partial charge in [0.15, 0.2) is 0 Å². The Balaban J connectivity index is 1.31. The molecule has 0 aliphatic carbocycles. The average molecular weight is 415 g/mol. The van der Waals surface area contributed by atoms with Crippen molar-refractivity contribution in [3.8, 4) is 5.75 Å². The number of hydrogen-bond donors (Lipinski definition) is 2. The SMILES string of the molecule is COc1cccc2[nH]cc(CCNC(=O)N3CC(n4cccn4)Cc4ccccc43)c12. The van der Waals surface area contributed by atoms with Crippen LogP contribution in [-0.2, 0) is 12.8 Å². The van der Waals surface area contributed by atoms with Crippen molar-refractivity contribution in [2.75, 3.05) is 25.1 Å². The molecule has 5 rings (SSSR count). The molecule has 1 aliphatic heterocycles. The van der Waals surface area contributed by atoms with E-state index in [4.69, 9.17) is 4.74 Å². The van der Waals surface area contributed by atoms with Gasteiger partial charge in [0, 0.05) is 41.7 Å². The van der Waals surface area contributed by atoms with Crippen LogP contribution in [0.2, 0.25) is 0 Å². The summed E-state index contributed by atoms with van der Waals surface area (Å²) in [7, 11) is 1.68. The molecule has 2 aromatic carbocycles. The van der Waals surface area contributed by atoms with E-state index in [1.807, 2.05) is 64.4 Å². The molecule has 4 aromatic rings. The van der Waals surface area contributed by atoms with Crippen LogP contribution in [-0.4, -0.2) is 41.0 Å². The Morgan fingerprint density at radius 1 is 1.23 bits per heavy atom. The highest BCUT2D eigenvalue weighted by atomic mass is 16.5. The minimum Gasteiger partial charge on any atom is -0.496 e. The number of fused-ring (bicyclic) bond motifs is 2. The number of H-pyrrole nitrogens is 1. The van der Waals surface area contributed by atoms with Crippen molar-refractivity contribution in [2.24, 2.45) is 0 Å². The van der Waals surface area contributed by atoms with E-state index in [1.54, 1.807) is 13.3 Å². The molecule has 2 aromatic heterocycles. The molecule has 3 heterocycles. The van der Waals surface area contributed by atoms with Gasteiger partial charge in [-0.1, -0.05) is 24.3 Å². The molecule has 0 radical (unpaired) electrons.